The van der Waals surface area contributed by atoms with Crippen LogP contribution in [0.5, 0.6) is 17.4 Å². The lowest BCUT2D eigenvalue weighted by atomic mass is 9.59. The summed E-state index contributed by atoms with van der Waals surface area (Å²) in [5.74, 6) is -1.27. The first-order chi connectivity index (χ1) is 39.7. The number of nitro benzene ring substituents is 1. The summed E-state index contributed by atoms with van der Waals surface area (Å²) in [7, 11) is -4.74. The predicted octanol–water partition coefficient (Wildman–Crippen LogP) is 9.25. The monoisotopic (exact) mass is 1140 g/mol. The van der Waals surface area contributed by atoms with E-state index in [2.05, 4.69) is 41.9 Å². The maximum Gasteiger partial charge on any atom is 0.297 e. The molecule has 19 nitrogen and oxygen atoms in total. The first-order valence-electron chi connectivity index (χ1n) is 28.6. The lowest BCUT2D eigenvalue weighted by Gasteiger charge is -2.58. The fourth-order valence-electron chi connectivity index (χ4n) is 13.7. The normalized spacial score (nSPS) is 23.2. The Bertz CT molecular complexity index is 3530. The Hall–Kier alpha value is -7.11. The molecule has 0 radical (unpaired) electrons. The van der Waals surface area contributed by atoms with Gasteiger partial charge in [-0.1, -0.05) is 24.3 Å². The molecule has 432 valence electrons. The molecule has 0 bridgehead atoms. The van der Waals surface area contributed by atoms with E-state index in [0.29, 0.717) is 68.3 Å². The highest BCUT2D eigenvalue weighted by atomic mass is 32.2. The van der Waals surface area contributed by atoms with Gasteiger partial charge in [-0.05, 0) is 118 Å². The van der Waals surface area contributed by atoms with Crippen LogP contribution in [0.25, 0.3) is 11.0 Å². The number of para-hydroxylation sites is 1. The highest BCUT2D eigenvalue weighted by molar-refractivity contribution is 7.90. The van der Waals surface area contributed by atoms with Crippen molar-refractivity contribution < 1.29 is 50.6 Å². The number of rotatable bonds is 13. The number of benzene rings is 4. The van der Waals surface area contributed by atoms with Crippen molar-refractivity contribution in [1.29, 1.82) is 0 Å². The smallest absolute Gasteiger partial charge is 0.297 e. The van der Waals surface area contributed by atoms with Gasteiger partial charge in [0.05, 0.1) is 58.5 Å². The molecular weight excluding hydrogens is 1080 g/mol. The van der Waals surface area contributed by atoms with E-state index in [9.17, 15) is 32.1 Å². The number of ether oxygens (including phenoxy) is 5. The fourth-order valence-corrected chi connectivity index (χ4v) is 14.7. The van der Waals surface area contributed by atoms with Crippen LogP contribution in [-0.2, 0) is 26.0 Å². The van der Waals surface area contributed by atoms with Crippen molar-refractivity contribution in [3.63, 3.8) is 0 Å². The second-order valence-corrected chi connectivity index (χ2v) is 25.1. The maximum atomic E-state index is 14.9. The van der Waals surface area contributed by atoms with E-state index in [4.69, 9.17) is 28.7 Å². The summed E-state index contributed by atoms with van der Waals surface area (Å²) in [6, 6.07) is 23.6. The number of H-pyrrole nitrogens is 1. The lowest BCUT2D eigenvalue weighted by Crippen LogP contribution is -2.59. The Morgan fingerprint density at radius 3 is 2.51 bits per heavy atom. The third-order valence-electron chi connectivity index (χ3n) is 18.0. The van der Waals surface area contributed by atoms with E-state index in [-0.39, 0.29) is 65.8 Å². The largest absolute Gasteiger partial charge is 0.491 e. The zero-order chi connectivity index (χ0) is 56.4. The number of carbonyl (C=O) groups excluding carboxylic acids is 1. The number of nitro groups is 1. The summed E-state index contributed by atoms with van der Waals surface area (Å²) in [6.07, 6.45) is 7.36. The minimum Gasteiger partial charge on any atom is -0.491 e. The topological polar surface area (TPSA) is 206 Å². The Morgan fingerprint density at radius 1 is 0.915 bits per heavy atom. The van der Waals surface area contributed by atoms with E-state index >= 15 is 0 Å². The molecule has 1 aliphatic carbocycles. The minimum atomic E-state index is -4.74. The Kier molecular flexibility index (Phi) is 14.5. The Morgan fingerprint density at radius 2 is 1.72 bits per heavy atom. The molecular formula is C60H67F2N9O10S. The van der Waals surface area contributed by atoms with Crippen molar-refractivity contribution in [2.45, 2.75) is 107 Å². The third kappa shape index (κ3) is 10.4. The number of anilines is 4. The van der Waals surface area contributed by atoms with E-state index in [1.807, 2.05) is 55.1 Å². The van der Waals surface area contributed by atoms with Crippen LogP contribution in [0, 0.1) is 33.1 Å². The number of piperidine rings is 1. The van der Waals surface area contributed by atoms with Gasteiger partial charge in [-0.15, -0.1) is 0 Å². The molecule has 82 heavy (non-hydrogen) atoms. The number of nitrogens with one attached hydrogen (secondary N) is 3. The molecule has 22 heteroatoms. The van der Waals surface area contributed by atoms with Gasteiger partial charge in [-0.2, -0.15) is 4.98 Å². The van der Waals surface area contributed by atoms with E-state index in [1.165, 1.54) is 18.2 Å². The molecule has 1 saturated carbocycles. The van der Waals surface area contributed by atoms with Crippen LogP contribution < -0.4 is 34.0 Å². The van der Waals surface area contributed by atoms with Gasteiger partial charge in [0.2, 0.25) is 5.88 Å². The van der Waals surface area contributed by atoms with Crippen molar-refractivity contribution in [3.05, 3.63) is 130 Å². The molecule has 1 amide bonds. The van der Waals surface area contributed by atoms with Gasteiger partial charge in [0.15, 0.2) is 23.1 Å². The summed E-state index contributed by atoms with van der Waals surface area (Å²) in [4.78, 5) is 43.7. The summed E-state index contributed by atoms with van der Waals surface area (Å²) >= 11 is 0. The van der Waals surface area contributed by atoms with Gasteiger partial charge >= 0.3 is 0 Å². The average Bonchev–Trinajstić information content (AvgIpc) is 3.06. The van der Waals surface area contributed by atoms with Gasteiger partial charge in [0.25, 0.3) is 21.6 Å². The van der Waals surface area contributed by atoms with E-state index in [0.717, 1.165) is 98.7 Å². The van der Waals surface area contributed by atoms with Gasteiger partial charge in [-0.3, -0.25) is 24.7 Å². The van der Waals surface area contributed by atoms with Gasteiger partial charge in [0.1, 0.15) is 29.8 Å². The van der Waals surface area contributed by atoms with Gasteiger partial charge in [-0.25, -0.2) is 21.9 Å². The number of pyridine rings is 1. The fraction of sp³-hybridized carbons (Fsp3) is 0.467. The summed E-state index contributed by atoms with van der Waals surface area (Å²) < 4.78 is 90.1. The van der Waals surface area contributed by atoms with E-state index in [1.54, 1.807) is 18.3 Å². The molecule has 0 unspecified atom stereocenters. The van der Waals surface area contributed by atoms with Crippen molar-refractivity contribution in [1.82, 2.24) is 24.5 Å². The maximum absolute atomic E-state index is 14.9. The molecule has 6 aromatic rings. The van der Waals surface area contributed by atoms with Crippen LogP contribution in [0.2, 0.25) is 0 Å². The SMILES string of the molecule is CC(C)Oc1ccccc1[C@@H]1CN(Cc2ccc(F)c(F)c2)CCN1C1CC2(CCN(c3ccc(C(=O)NS(=O)(=O)c4cc5c(c([N+](=O)[O-])c4)N[C@H](C4CCOCC4)CO5)c(N4c5cc6cc[nH]c6nc5O[C@@H]5CCOC[C@H]54)c3)CC2)C1. The van der Waals surface area contributed by atoms with Crippen LogP contribution >= 0.6 is 0 Å². The van der Waals surface area contributed by atoms with Crippen molar-refractivity contribution in [2.24, 2.45) is 11.3 Å². The number of halogens is 2. The Balaban J connectivity index is 0.773. The summed E-state index contributed by atoms with van der Waals surface area (Å²) in [5, 5.41) is 16.7. The summed E-state index contributed by atoms with van der Waals surface area (Å²) in [5.41, 5.74) is 4.11. The van der Waals surface area contributed by atoms with Crippen LogP contribution in [0.3, 0.4) is 0 Å². The molecule has 5 fully saturated rings. The number of piperazine rings is 1. The molecule has 6 aliphatic heterocycles. The van der Waals surface area contributed by atoms with Crippen molar-refractivity contribution >= 4 is 55.4 Å². The molecule has 7 aliphatic rings. The first-order valence-corrected chi connectivity index (χ1v) is 30.1. The molecule has 4 aromatic carbocycles. The molecule has 4 atom stereocenters. The van der Waals surface area contributed by atoms with Crippen LogP contribution in [0.15, 0.2) is 96.0 Å². The molecule has 8 heterocycles. The van der Waals surface area contributed by atoms with Crippen molar-refractivity contribution in [3.8, 4) is 17.4 Å². The minimum absolute atomic E-state index is 0.00706. The van der Waals surface area contributed by atoms with Crippen LogP contribution in [-0.4, -0.2) is 135 Å². The zero-order valence-corrected chi connectivity index (χ0v) is 46.7. The number of hydrogen-bond acceptors (Lipinski definition) is 16. The zero-order valence-electron chi connectivity index (χ0n) is 45.9. The molecule has 13 rings (SSSR count). The average molecular weight is 1140 g/mol. The lowest BCUT2D eigenvalue weighted by molar-refractivity contribution is -0.384. The first kappa shape index (κ1) is 54.2. The third-order valence-corrected chi connectivity index (χ3v) is 19.3. The number of sulfonamides is 1. The van der Waals surface area contributed by atoms with Crippen LogP contribution in [0.4, 0.5) is 37.2 Å². The number of nitrogens with zero attached hydrogens (tertiary/aromatic N) is 6. The molecule has 4 saturated heterocycles. The molecule has 3 N–H and O–H groups in total. The number of fused-ring (bicyclic) bond motifs is 4. The van der Waals surface area contributed by atoms with Crippen molar-refractivity contribution in [2.75, 3.05) is 80.9 Å². The van der Waals surface area contributed by atoms with Gasteiger partial charge in [0, 0.05) is 99.9 Å². The second-order valence-electron chi connectivity index (χ2n) is 23.4. The van der Waals surface area contributed by atoms with Gasteiger partial charge < -0.3 is 43.8 Å². The van der Waals surface area contributed by atoms with E-state index < -0.39 is 49.1 Å². The number of aromatic nitrogens is 2. The quantitative estimate of drug-likeness (QED) is 0.0728. The standard InChI is InChI=1S/C60H67F2N9O10S/c1-36(2)80-53-6-4-3-5-43(53)51-33-67(32-37-7-10-45(61)46(62)25-37)20-21-69(51)41-30-60(31-41)15-18-68(19-16-60)40-8-9-44(48(27-40)70-50-26-39-11-17-63-57(39)65-59(50)81-54-14-24-78-35-52(54)70)58(72)66-82(75,76)42-28-49(71(73)74)56-55(29-42)79-34-47(64-56)38-12-22-77-23-13-38/h3-11,17,25-29,36,38,41,47,51-52,54,64H,12-16,18-24,30-35H2,1-2H3,(H,63,65)(H,66,72)/t47-,51-,52+,54+/m0/s1. The Labute approximate surface area is 474 Å². The molecule has 2 aromatic heterocycles. The number of hydrogen-bond donors (Lipinski definition) is 3. The number of carbonyl (C=O) groups is 1. The van der Waals surface area contributed by atoms with Crippen LogP contribution in [0.1, 0.15) is 86.3 Å². The highest BCUT2D eigenvalue weighted by Gasteiger charge is 2.51. The number of amides is 1. The highest BCUT2D eigenvalue weighted by Crippen LogP contribution is 2.54. The summed E-state index contributed by atoms with van der Waals surface area (Å²) in [6.45, 7) is 10.4. The number of aromatic amines is 1. The molecule has 1 spiro atoms. The predicted molar refractivity (Wildman–Crippen MR) is 303 cm³/mol. The second kappa shape index (κ2) is 21.9.